The summed E-state index contributed by atoms with van der Waals surface area (Å²) in [6, 6.07) is 14.4. The molecule has 0 unspecified atom stereocenters. The summed E-state index contributed by atoms with van der Waals surface area (Å²) in [4.78, 5) is 23.0. The van der Waals surface area contributed by atoms with Gasteiger partial charge in [-0.05, 0) is 29.8 Å². The smallest absolute Gasteiger partial charge is 0.302 e. The summed E-state index contributed by atoms with van der Waals surface area (Å²) >= 11 is 3.38. The molecule has 23 heavy (non-hydrogen) atoms. The van der Waals surface area contributed by atoms with Gasteiger partial charge in [0.1, 0.15) is 19.0 Å². The summed E-state index contributed by atoms with van der Waals surface area (Å²) in [5.74, 6) is 0.265. The van der Waals surface area contributed by atoms with Gasteiger partial charge < -0.3 is 9.47 Å². The second-order valence-corrected chi connectivity index (χ2v) is 5.43. The van der Waals surface area contributed by atoms with Gasteiger partial charge in [0.15, 0.2) is 5.78 Å². The van der Waals surface area contributed by atoms with Gasteiger partial charge in [-0.1, -0.05) is 40.2 Å². The molecule has 4 nitrogen and oxygen atoms in total. The lowest BCUT2D eigenvalue weighted by molar-refractivity contribution is -0.141. The first-order chi connectivity index (χ1) is 11.1. The minimum absolute atomic E-state index is 0.0300. The van der Waals surface area contributed by atoms with E-state index >= 15 is 0 Å². The molecule has 2 aromatic carbocycles. The van der Waals surface area contributed by atoms with E-state index in [2.05, 4.69) is 15.9 Å². The van der Waals surface area contributed by atoms with Gasteiger partial charge in [-0.3, -0.25) is 9.59 Å². The molecule has 0 N–H and O–H groups in total. The Morgan fingerprint density at radius 3 is 2.00 bits per heavy atom. The molecule has 0 spiro atoms. The highest BCUT2D eigenvalue weighted by atomic mass is 79.9. The Morgan fingerprint density at radius 2 is 1.48 bits per heavy atom. The largest absolute Gasteiger partial charge is 0.490 e. The number of hydrogen-bond donors (Lipinski definition) is 0. The monoisotopic (exact) mass is 376 g/mol. The molecule has 0 aliphatic carbocycles. The third-order valence-electron chi connectivity index (χ3n) is 3.14. The topological polar surface area (TPSA) is 52.6 Å². The lowest BCUT2D eigenvalue weighted by Gasteiger charge is -2.07. The van der Waals surface area contributed by atoms with Gasteiger partial charge in [-0.25, -0.2) is 0 Å². The number of carbonyl (C=O) groups is 2. The van der Waals surface area contributed by atoms with Crippen molar-refractivity contribution in [2.45, 2.75) is 12.3 Å². The number of carbonyl (C=O) groups excluding carboxylic acids is 2. The molecule has 0 heterocycles. The predicted molar refractivity (Wildman–Crippen MR) is 91.1 cm³/mol. The van der Waals surface area contributed by atoms with Crippen LogP contribution in [0.15, 0.2) is 48.5 Å². The molecule has 0 aromatic heterocycles. The molecule has 2 rings (SSSR count). The molecule has 0 radical (unpaired) electrons. The third-order valence-corrected chi connectivity index (χ3v) is 3.79. The van der Waals surface area contributed by atoms with E-state index in [1.165, 1.54) is 6.92 Å². The van der Waals surface area contributed by atoms with Crippen LogP contribution in [-0.2, 0) is 14.9 Å². The number of alkyl halides is 1. The zero-order chi connectivity index (χ0) is 16.7. The van der Waals surface area contributed by atoms with Crippen LogP contribution in [0.5, 0.6) is 5.75 Å². The van der Waals surface area contributed by atoms with E-state index in [4.69, 9.17) is 9.47 Å². The minimum atomic E-state index is -0.333. The minimum Gasteiger partial charge on any atom is -0.490 e. The summed E-state index contributed by atoms with van der Waals surface area (Å²) in [6.07, 6.45) is 0. The van der Waals surface area contributed by atoms with Crippen molar-refractivity contribution >= 4 is 27.7 Å². The zero-order valence-corrected chi connectivity index (χ0v) is 14.3. The van der Waals surface area contributed by atoms with E-state index in [0.29, 0.717) is 16.9 Å². The highest BCUT2D eigenvalue weighted by Gasteiger charge is 2.09. The van der Waals surface area contributed by atoms with Crippen LogP contribution < -0.4 is 4.74 Å². The number of benzene rings is 2. The van der Waals surface area contributed by atoms with Crippen molar-refractivity contribution < 1.29 is 19.1 Å². The highest BCUT2D eigenvalue weighted by Crippen LogP contribution is 2.16. The summed E-state index contributed by atoms with van der Waals surface area (Å²) in [7, 11) is 0. The molecule has 120 valence electrons. The van der Waals surface area contributed by atoms with Crippen molar-refractivity contribution in [1.82, 2.24) is 0 Å². The van der Waals surface area contributed by atoms with Gasteiger partial charge >= 0.3 is 5.97 Å². The lowest BCUT2D eigenvalue weighted by atomic mass is 10.0. The van der Waals surface area contributed by atoms with Crippen LogP contribution in [0.2, 0.25) is 0 Å². The zero-order valence-electron chi connectivity index (χ0n) is 12.8. The molecule has 0 bridgehead atoms. The third kappa shape index (κ3) is 5.21. The van der Waals surface area contributed by atoms with Crippen LogP contribution in [0.3, 0.4) is 0 Å². The first kappa shape index (κ1) is 17.2. The van der Waals surface area contributed by atoms with Crippen LogP contribution in [0.25, 0.3) is 0 Å². The van der Waals surface area contributed by atoms with E-state index in [1.807, 2.05) is 24.3 Å². The van der Waals surface area contributed by atoms with Crippen LogP contribution in [-0.4, -0.2) is 25.0 Å². The van der Waals surface area contributed by atoms with Crippen molar-refractivity contribution in [2.24, 2.45) is 0 Å². The number of ether oxygens (including phenoxy) is 2. The molecule has 0 fully saturated rings. The molecule has 0 saturated heterocycles. The van der Waals surface area contributed by atoms with Gasteiger partial charge in [0.2, 0.25) is 0 Å². The van der Waals surface area contributed by atoms with Gasteiger partial charge in [-0.15, -0.1) is 0 Å². The van der Waals surface area contributed by atoms with Gasteiger partial charge in [0.05, 0.1) is 0 Å². The molecule has 0 atom stereocenters. The van der Waals surface area contributed by atoms with Crippen molar-refractivity contribution in [2.75, 3.05) is 13.2 Å². The highest BCUT2D eigenvalue weighted by molar-refractivity contribution is 9.08. The second kappa shape index (κ2) is 8.48. The first-order valence-electron chi connectivity index (χ1n) is 7.16. The molecule has 0 aliphatic rings. The van der Waals surface area contributed by atoms with E-state index in [1.54, 1.807) is 24.3 Å². The Morgan fingerprint density at radius 1 is 0.913 bits per heavy atom. The van der Waals surface area contributed by atoms with Crippen molar-refractivity contribution in [3.05, 3.63) is 65.2 Å². The predicted octanol–water partition coefficient (Wildman–Crippen LogP) is 3.75. The maximum atomic E-state index is 12.4. The fraction of sp³-hybridized carbons (Fsp3) is 0.222. The fourth-order valence-electron chi connectivity index (χ4n) is 1.96. The van der Waals surface area contributed by atoms with E-state index < -0.39 is 0 Å². The average Bonchev–Trinajstić information content (AvgIpc) is 2.58. The standard InChI is InChI=1S/C18H17BrO4/c1-13(20)22-10-11-23-17-8-6-16(7-9-17)18(21)15-4-2-14(12-19)3-5-15/h2-9H,10-12H2,1H3. The Hall–Kier alpha value is -2.14. The van der Waals surface area contributed by atoms with Gasteiger partial charge in [0, 0.05) is 23.4 Å². The average molecular weight is 377 g/mol. The molecular weight excluding hydrogens is 360 g/mol. The molecule has 0 aliphatic heterocycles. The first-order valence-corrected chi connectivity index (χ1v) is 8.28. The Bertz CT molecular complexity index is 662. The van der Waals surface area contributed by atoms with E-state index in [-0.39, 0.29) is 25.0 Å². The Balaban J connectivity index is 1.95. The van der Waals surface area contributed by atoms with Crippen molar-refractivity contribution in [3.63, 3.8) is 0 Å². The van der Waals surface area contributed by atoms with Crippen LogP contribution in [0.1, 0.15) is 28.4 Å². The van der Waals surface area contributed by atoms with E-state index in [9.17, 15) is 9.59 Å². The van der Waals surface area contributed by atoms with Crippen LogP contribution >= 0.6 is 15.9 Å². The van der Waals surface area contributed by atoms with Gasteiger partial charge in [0.25, 0.3) is 0 Å². The van der Waals surface area contributed by atoms with E-state index in [0.717, 1.165) is 10.9 Å². The number of esters is 1. The van der Waals surface area contributed by atoms with Crippen molar-refractivity contribution in [3.8, 4) is 5.75 Å². The maximum absolute atomic E-state index is 12.4. The SMILES string of the molecule is CC(=O)OCCOc1ccc(C(=O)c2ccc(CBr)cc2)cc1. The molecule has 5 heteroatoms. The fourth-order valence-corrected chi connectivity index (χ4v) is 2.33. The lowest BCUT2D eigenvalue weighted by Crippen LogP contribution is -2.09. The Labute approximate surface area is 143 Å². The van der Waals surface area contributed by atoms with Crippen LogP contribution in [0.4, 0.5) is 0 Å². The van der Waals surface area contributed by atoms with Crippen molar-refractivity contribution in [1.29, 1.82) is 0 Å². The number of halogens is 1. The van der Waals surface area contributed by atoms with Crippen LogP contribution in [0, 0.1) is 0 Å². The number of ketones is 1. The molecule has 0 amide bonds. The Kier molecular flexibility index (Phi) is 6.35. The summed E-state index contributed by atoms with van der Waals surface area (Å²) < 4.78 is 10.2. The summed E-state index contributed by atoms with van der Waals surface area (Å²) in [5, 5.41) is 0.765. The quantitative estimate of drug-likeness (QED) is 0.319. The summed E-state index contributed by atoms with van der Waals surface area (Å²) in [5.41, 5.74) is 2.38. The molecule has 2 aromatic rings. The second-order valence-electron chi connectivity index (χ2n) is 4.87. The summed E-state index contributed by atoms with van der Waals surface area (Å²) in [6.45, 7) is 1.83. The molecule has 0 saturated carbocycles. The number of hydrogen-bond acceptors (Lipinski definition) is 4. The van der Waals surface area contributed by atoms with Gasteiger partial charge in [-0.2, -0.15) is 0 Å². The molecular formula is C18H17BrO4. The normalized spacial score (nSPS) is 10.2. The number of rotatable bonds is 7. The maximum Gasteiger partial charge on any atom is 0.302 e.